The Hall–Kier alpha value is -3.14. The zero-order valence-electron chi connectivity index (χ0n) is 13.3. The third kappa shape index (κ3) is 2.52. The third-order valence-corrected chi connectivity index (χ3v) is 4.34. The number of pyridine rings is 2. The molecule has 2 aromatic heterocycles. The SMILES string of the molecule is Cc1ccccc1CNc1ccc2c(=O)[nH]c3ncccc3c2c1. The molecule has 2 heterocycles. The van der Waals surface area contributed by atoms with Crippen LogP contribution in [0.15, 0.2) is 65.6 Å². The number of rotatable bonds is 3. The molecule has 0 fully saturated rings. The fraction of sp³-hybridized carbons (Fsp3) is 0.100. The van der Waals surface area contributed by atoms with Crippen molar-refractivity contribution in [2.24, 2.45) is 0 Å². The first-order valence-corrected chi connectivity index (χ1v) is 7.91. The maximum Gasteiger partial charge on any atom is 0.257 e. The van der Waals surface area contributed by atoms with Gasteiger partial charge in [0.05, 0.1) is 0 Å². The number of hydrogen-bond acceptors (Lipinski definition) is 3. The van der Waals surface area contributed by atoms with Gasteiger partial charge in [-0.05, 0) is 48.4 Å². The summed E-state index contributed by atoms with van der Waals surface area (Å²) in [6.07, 6.45) is 1.68. The van der Waals surface area contributed by atoms with E-state index in [0.29, 0.717) is 11.0 Å². The summed E-state index contributed by atoms with van der Waals surface area (Å²) in [6, 6.07) is 18.0. The molecule has 0 unspecified atom stereocenters. The lowest BCUT2D eigenvalue weighted by molar-refractivity contribution is 1.12. The van der Waals surface area contributed by atoms with Crippen LogP contribution in [0.1, 0.15) is 11.1 Å². The number of aryl methyl sites for hydroxylation is 1. The molecule has 0 aliphatic rings. The quantitative estimate of drug-likeness (QED) is 0.562. The fourth-order valence-electron chi connectivity index (χ4n) is 2.98. The van der Waals surface area contributed by atoms with E-state index in [1.54, 1.807) is 6.20 Å². The Balaban J connectivity index is 1.76. The standard InChI is InChI=1S/C20H17N3O/c1-13-5-2-3-6-14(13)12-22-15-8-9-17-18(11-15)16-7-4-10-21-19(16)23-20(17)24/h2-11,22H,12H2,1H3,(H,21,23,24). The smallest absolute Gasteiger partial charge is 0.257 e. The van der Waals surface area contributed by atoms with E-state index in [2.05, 4.69) is 34.3 Å². The van der Waals surface area contributed by atoms with Crippen LogP contribution in [-0.2, 0) is 6.54 Å². The number of nitrogens with one attached hydrogen (secondary N) is 2. The minimum atomic E-state index is -0.110. The summed E-state index contributed by atoms with van der Waals surface area (Å²) in [6.45, 7) is 2.85. The van der Waals surface area contributed by atoms with Crippen LogP contribution in [0.25, 0.3) is 21.8 Å². The van der Waals surface area contributed by atoms with Gasteiger partial charge in [-0.25, -0.2) is 4.98 Å². The Morgan fingerprint density at radius 3 is 2.75 bits per heavy atom. The molecule has 2 aromatic carbocycles. The minimum absolute atomic E-state index is 0.110. The molecule has 118 valence electrons. The Morgan fingerprint density at radius 2 is 1.88 bits per heavy atom. The summed E-state index contributed by atoms with van der Waals surface area (Å²) >= 11 is 0. The molecular weight excluding hydrogens is 298 g/mol. The second-order valence-corrected chi connectivity index (χ2v) is 5.89. The zero-order chi connectivity index (χ0) is 16.5. The van der Waals surface area contributed by atoms with Gasteiger partial charge in [-0.15, -0.1) is 0 Å². The number of aromatic amines is 1. The van der Waals surface area contributed by atoms with E-state index < -0.39 is 0 Å². The van der Waals surface area contributed by atoms with Gasteiger partial charge in [0, 0.05) is 34.6 Å². The van der Waals surface area contributed by atoms with Crippen LogP contribution >= 0.6 is 0 Å². The molecule has 4 nitrogen and oxygen atoms in total. The predicted molar refractivity (Wildman–Crippen MR) is 98.4 cm³/mol. The first kappa shape index (κ1) is 14.5. The van der Waals surface area contributed by atoms with E-state index in [9.17, 15) is 4.79 Å². The minimum Gasteiger partial charge on any atom is -0.381 e. The molecule has 0 saturated heterocycles. The fourth-order valence-corrected chi connectivity index (χ4v) is 2.98. The van der Waals surface area contributed by atoms with Crippen molar-refractivity contribution >= 4 is 27.5 Å². The van der Waals surface area contributed by atoms with E-state index >= 15 is 0 Å². The number of hydrogen-bond donors (Lipinski definition) is 2. The van der Waals surface area contributed by atoms with E-state index in [1.807, 2.05) is 42.5 Å². The average molecular weight is 315 g/mol. The highest BCUT2D eigenvalue weighted by Crippen LogP contribution is 2.23. The van der Waals surface area contributed by atoms with Crippen molar-refractivity contribution in [1.29, 1.82) is 0 Å². The third-order valence-electron chi connectivity index (χ3n) is 4.34. The van der Waals surface area contributed by atoms with Crippen LogP contribution < -0.4 is 10.9 Å². The molecule has 4 rings (SSSR count). The molecule has 0 saturated carbocycles. The summed E-state index contributed by atoms with van der Waals surface area (Å²) in [5, 5.41) is 5.99. The average Bonchev–Trinajstić information content (AvgIpc) is 2.61. The number of aromatic nitrogens is 2. The summed E-state index contributed by atoms with van der Waals surface area (Å²) in [5.41, 5.74) is 4.01. The van der Waals surface area contributed by atoms with Crippen LogP contribution in [-0.4, -0.2) is 9.97 Å². The molecule has 0 amide bonds. The first-order valence-electron chi connectivity index (χ1n) is 7.91. The van der Waals surface area contributed by atoms with Gasteiger partial charge in [0.1, 0.15) is 5.65 Å². The zero-order valence-corrected chi connectivity index (χ0v) is 13.3. The van der Waals surface area contributed by atoms with Crippen molar-refractivity contribution in [3.63, 3.8) is 0 Å². The monoisotopic (exact) mass is 315 g/mol. The van der Waals surface area contributed by atoms with Crippen molar-refractivity contribution in [2.75, 3.05) is 5.32 Å². The molecule has 0 radical (unpaired) electrons. The molecular formula is C20H17N3O. The highest BCUT2D eigenvalue weighted by molar-refractivity contribution is 6.05. The van der Waals surface area contributed by atoms with E-state index in [1.165, 1.54) is 11.1 Å². The van der Waals surface area contributed by atoms with E-state index in [0.717, 1.165) is 23.0 Å². The van der Waals surface area contributed by atoms with Gasteiger partial charge < -0.3 is 10.3 Å². The highest BCUT2D eigenvalue weighted by atomic mass is 16.1. The van der Waals surface area contributed by atoms with Crippen LogP contribution in [0.4, 0.5) is 5.69 Å². The Morgan fingerprint density at radius 1 is 1.00 bits per heavy atom. The van der Waals surface area contributed by atoms with Crippen molar-refractivity contribution in [3.8, 4) is 0 Å². The maximum absolute atomic E-state index is 12.2. The van der Waals surface area contributed by atoms with E-state index in [-0.39, 0.29) is 5.56 Å². The molecule has 0 atom stereocenters. The van der Waals surface area contributed by atoms with Gasteiger partial charge >= 0.3 is 0 Å². The van der Waals surface area contributed by atoms with Gasteiger partial charge in [-0.2, -0.15) is 0 Å². The molecule has 24 heavy (non-hydrogen) atoms. The highest BCUT2D eigenvalue weighted by Gasteiger charge is 2.07. The summed E-state index contributed by atoms with van der Waals surface area (Å²) in [5.74, 6) is 0. The van der Waals surface area contributed by atoms with Crippen LogP contribution in [0.2, 0.25) is 0 Å². The molecule has 0 aliphatic heterocycles. The normalized spacial score (nSPS) is 11.0. The van der Waals surface area contributed by atoms with Gasteiger partial charge in [-0.1, -0.05) is 24.3 Å². The largest absolute Gasteiger partial charge is 0.381 e. The van der Waals surface area contributed by atoms with Crippen molar-refractivity contribution in [2.45, 2.75) is 13.5 Å². The molecule has 0 spiro atoms. The molecule has 2 N–H and O–H groups in total. The van der Waals surface area contributed by atoms with Gasteiger partial charge in [0.25, 0.3) is 5.56 Å². The van der Waals surface area contributed by atoms with Crippen molar-refractivity contribution in [3.05, 3.63) is 82.3 Å². The van der Waals surface area contributed by atoms with Crippen LogP contribution in [0.5, 0.6) is 0 Å². The van der Waals surface area contributed by atoms with Crippen LogP contribution in [0, 0.1) is 6.92 Å². The number of fused-ring (bicyclic) bond motifs is 3. The van der Waals surface area contributed by atoms with Gasteiger partial charge in [-0.3, -0.25) is 4.79 Å². The van der Waals surface area contributed by atoms with E-state index in [4.69, 9.17) is 0 Å². The Bertz CT molecular complexity index is 1100. The molecule has 4 aromatic rings. The summed E-state index contributed by atoms with van der Waals surface area (Å²) in [7, 11) is 0. The topological polar surface area (TPSA) is 57.8 Å². The lowest BCUT2D eigenvalue weighted by Crippen LogP contribution is -2.08. The number of benzene rings is 2. The number of anilines is 1. The molecule has 4 heteroatoms. The van der Waals surface area contributed by atoms with Crippen molar-refractivity contribution in [1.82, 2.24) is 9.97 Å². The lowest BCUT2D eigenvalue weighted by Gasteiger charge is -2.10. The lowest BCUT2D eigenvalue weighted by atomic mass is 10.1. The Labute approximate surface area is 139 Å². The maximum atomic E-state index is 12.2. The summed E-state index contributed by atoms with van der Waals surface area (Å²) < 4.78 is 0. The summed E-state index contributed by atoms with van der Waals surface area (Å²) in [4.78, 5) is 19.3. The van der Waals surface area contributed by atoms with Crippen LogP contribution in [0.3, 0.4) is 0 Å². The van der Waals surface area contributed by atoms with Crippen molar-refractivity contribution < 1.29 is 0 Å². The predicted octanol–water partition coefficient (Wildman–Crippen LogP) is 4.00. The Kier molecular flexibility index (Phi) is 3.50. The molecule has 0 bridgehead atoms. The van der Waals surface area contributed by atoms with Gasteiger partial charge in [0.2, 0.25) is 0 Å². The van der Waals surface area contributed by atoms with Gasteiger partial charge in [0.15, 0.2) is 0 Å². The first-order chi connectivity index (χ1) is 11.7. The second kappa shape index (κ2) is 5.81. The number of nitrogens with zero attached hydrogens (tertiary/aromatic N) is 1. The second-order valence-electron chi connectivity index (χ2n) is 5.89. The molecule has 0 aliphatic carbocycles. The number of H-pyrrole nitrogens is 1.